The van der Waals surface area contributed by atoms with Crippen molar-refractivity contribution in [1.82, 2.24) is 0 Å². The van der Waals surface area contributed by atoms with E-state index in [0.29, 0.717) is 0 Å². The molecule has 0 fully saturated rings. The average Bonchev–Trinajstić information content (AvgIpc) is 2.19. The lowest BCUT2D eigenvalue weighted by Crippen LogP contribution is -2.07. The minimum Gasteiger partial charge on any atom is -0.487 e. The summed E-state index contributed by atoms with van der Waals surface area (Å²) in [5.41, 5.74) is 4.95. The Bertz CT molecular complexity index is 415. The van der Waals surface area contributed by atoms with Crippen LogP contribution in [0.2, 0.25) is 0 Å². The Kier molecular flexibility index (Phi) is 3.99. The number of hydrogen-bond donors (Lipinski definition) is 1. The van der Waals surface area contributed by atoms with E-state index >= 15 is 0 Å². The second kappa shape index (κ2) is 5.06. The molecule has 8 heteroatoms. The number of rotatable bonds is 4. The van der Waals surface area contributed by atoms with E-state index in [2.05, 4.69) is 20.7 Å². The molecule has 0 aliphatic heterocycles. The van der Waals surface area contributed by atoms with Crippen molar-refractivity contribution < 1.29 is 18.4 Å². The Morgan fingerprint density at radius 1 is 1.56 bits per heavy atom. The van der Waals surface area contributed by atoms with Gasteiger partial charge in [0.2, 0.25) is 0 Å². The molecule has 1 aromatic rings. The van der Waals surface area contributed by atoms with Crippen molar-refractivity contribution >= 4 is 27.3 Å². The van der Waals surface area contributed by atoms with Gasteiger partial charge in [0.25, 0.3) is 12.1 Å². The van der Waals surface area contributed by atoms with Gasteiger partial charge in [0, 0.05) is 0 Å². The zero-order chi connectivity index (χ0) is 12.3. The third-order valence-corrected chi connectivity index (χ3v) is 2.31. The Morgan fingerprint density at radius 3 is 2.69 bits per heavy atom. The molecule has 2 N–H and O–H groups in total. The van der Waals surface area contributed by atoms with E-state index in [1.165, 1.54) is 6.07 Å². The summed E-state index contributed by atoms with van der Waals surface area (Å²) in [5.74, 6) is -0.0342. The highest BCUT2D eigenvalue weighted by Crippen LogP contribution is 2.34. The molecule has 0 aliphatic carbocycles. The fourth-order valence-electron chi connectivity index (χ4n) is 0.973. The van der Waals surface area contributed by atoms with Crippen molar-refractivity contribution in [2.75, 3.05) is 12.3 Å². The van der Waals surface area contributed by atoms with E-state index in [0.717, 1.165) is 6.07 Å². The molecule has 0 amide bonds. The van der Waals surface area contributed by atoms with Gasteiger partial charge in [0.1, 0.15) is 18.0 Å². The predicted molar refractivity (Wildman–Crippen MR) is 56.7 cm³/mol. The maximum Gasteiger partial charge on any atom is 0.296 e. The fourth-order valence-corrected chi connectivity index (χ4v) is 1.40. The SMILES string of the molecule is Nc1c(Br)cc(OCC(F)F)cc1[N+](=O)[O-]. The molecule has 16 heavy (non-hydrogen) atoms. The molecule has 0 heterocycles. The Balaban J connectivity index is 3.00. The largest absolute Gasteiger partial charge is 0.487 e. The number of nitro benzene ring substituents is 1. The lowest BCUT2D eigenvalue weighted by Gasteiger charge is -2.07. The maximum atomic E-state index is 11.9. The Labute approximate surface area is 97.5 Å². The quantitative estimate of drug-likeness (QED) is 0.526. The highest BCUT2D eigenvalue weighted by molar-refractivity contribution is 9.10. The third kappa shape index (κ3) is 3.02. The zero-order valence-corrected chi connectivity index (χ0v) is 9.41. The zero-order valence-electron chi connectivity index (χ0n) is 7.82. The number of alkyl halides is 2. The number of nitrogen functional groups attached to an aromatic ring is 1. The molecule has 0 aromatic heterocycles. The van der Waals surface area contributed by atoms with Gasteiger partial charge >= 0.3 is 0 Å². The summed E-state index contributed by atoms with van der Waals surface area (Å²) in [5, 5.41) is 10.6. The fraction of sp³-hybridized carbons (Fsp3) is 0.250. The summed E-state index contributed by atoms with van der Waals surface area (Å²) >= 11 is 2.98. The van der Waals surface area contributed by atoms with Gasteiger partial charge in [-0.2, -0.15) is 0 Å². The highest BCUT2D eigenvalue weighted by Gasteiger charge is 2.17. The van der Waals surface area contributed by atoms with Crippen LogP contribution in [0.4, 0.5) is 20.2 Å². The van der Waals surface area contributed by atoms with Crippen molar-refractivity contribution in [3.8, 4) is 5.75 Å². The Hall–Kier alpha value is -1.44. The number of nitrogens with two attached hydrogens (primary N) is 1. The van der Waals surface area contributed by atoms with Gasteiger partial charge in [0.15, 0.2) is 0 Å². The topological polar surface area (TPSA) is 78.4 Å². The van der Waals surface area contributed by atoms with Crippen LogP contribution in [-0.4, -0.2) is 18.0 Å². The van der Waals surface area contributed by atoms with E-state index in [-0.39, 0.29) is 15.9 Å². The molecular formula is C8H7BrF2N2O3. The standard InChI is InChI=1S/C8H7BrF2N2O3/c9-5-1-4(16-3-7(10)11)2-6(8(5)12)13(14)15/h1-2,7H,3,12H2. The number of halogens is 3. The third-order valence-electron chi connectivity index (χ3n) is 1.65. The van der Waals surface area contributed by atoms with Crippen molar-refractivity contribution in [3.05, 3.63) is 26.7 Å². The van der Waals surface area contributed by atoms with Gasteiger partial charge in [-0.1, -0.05) is 0 Å². The van der Waals surface area contributed by atoms with Crippen LogP contribution in [0.5, 0.6) is 5.75 Å². The summed E-state index contributed by atoms with van der Waals surface area (Å²) in [6, 6.07) is 2.30. The molecule has 0 aliphatic rings. The van der Waals surface area contributed by atoms with E-state index in [1.54, 1.807) is 0 Å². The molecule has 0 saturated heterocycles. The molecule has 0 saturated carbocycles. The van der Waals surface area contributed by atoms with E-state index in [4.69, 9.17) is 5.73 Å². The summed E-state index contributed by atoms with van der Waals surface area (Å²) in [6.07, 6.45) is -2.64. The average molecular weight is 297 g/mol. The molecular weight excluding hydrogens is 290 g/mol. The van der Waals surface area contributed by atoms with E-state index in [1.807, 2.05) is 0 Å². The number of ether oxygens (including phenoxy) is 1. The first kappa shape index (κ1) is 12.6. The van der Waals surface area contributed by atoms with Crippen LogP contribution in [-0.2, 0) is 0 Å². The molecule has 1 rings (SSSR count). The lowest BCUT2D eigenvalue weighted by atomic mass is 10.2. The monoisotopic (exact) mass is 296 g/mol. The number of benzene rings is 1. The first-order valence-corrected chi connectivity index (χ1v) is 4.85. The van der Waals surface area contributed by atoms with E-state index in [9.17, 15) is 18.9 Å². The first-order valence-electron chi connectivity index (χ1n) is 4.06. The maximum absolute atomic E-state index is 11.9. The minimum atomic E-state index is -2.64. The van der Waals surface area contributed by atoms with Crippen LogP contribution in [0, 0.1) is 10.1 Å². The van der Waals surface area contributed by atoms with Crippen LogP contribution in [0.25, 0.3) is 0 Å². The van der Waals surface area contributed by atoms with Crippen LogP contribution in [0.15, 0.2) is 16.6 Å². The Morgan fingerprint density at radius 2 is 2.19 bits per heavy atom. The predicted octanol–water partition coefficient (Wildman–Crippen LogP) is 2.58. The van der Waals surface area contributed by atoms with Gasteiger partial charge in [-0.15, -0.1) is 0 Å². The summed E-state index contributed by atoms with van der Waals surface area (Å²) in [4.78, 5) is 9.85. The normalized spacial score (nSPS) is 10.5. The van der Waals surface area contributed by atoms with Gasteiger partial charge in [-0.05, 0) is 22.0 Å². The lowest BCUT2D eigenvalue weighted by molar-refractivity contribution is -0.384. The van der Waals surface area contributed by atoms with Crippen LogP contribution < -0.4 is 10.5 Å². The van der Waals surface area contributed by atoms with Crippen molar-refractivity contribution in [2.45, 2.75) is 6.43 Å². The summed E-state index contributed by atoms with van der Waals surface area (Å²) < 4.78 is 28.6. The molecule has 5 nitrogen and oxygen atoms in total. The van der Waals surface area contributed by atoms with Crippen molar-refractivity contribution in [2.24, 2.45) is 0 Å². The van der Waals surface area contributed by atoms with Gasteiger partial charge in [-0.25, -0.2) is 8.78 Å². The number of hydrogen-bond acceptors (Lipinski definition) is 4. The number of nitrogens with zero attached hydrogens (tertiary/aromatic N) is 1. The summed E-state index contributed by atoms with van der Waals surface area (Å²) in [7, 11) is 0. The molecule has 0 radical (unpaired) electrons. The second-order valence-corrected chi connectivity index (χ2v) is 3.65. The van der Waals surface area contributed by atoms with Crippen molar-refractivity contribution in [3.63, 3.8) is 0 Å². The molecule has 0 unspecified atom stereocenters. The highest BCUT2D eigenvalue weighted by atomic mass is 79.9. The minimum absolute atomic E-state index is 0.0342. The van der Waals surface area contributed by atoms with Crippen LogP contribution >= 0.6 is 15.9 Å². The molecule has 1 aromatic carbocycles. The van der Waals surface area contributed by atoms with Crippen molar-refractivity contribution in [1.29, 1.82) is 0 Å². The number of nitro groups is 1. The summed E-state index contributed by atoms with van der Waals surface area (Å²) in [6.45, 7) is -0.826. The first-order chi connectivity index (χ1) is 7.41. The van der Waals surface area contributed by atoms with Gasteiger partial charge in [-0.3, -0.25) is 10.1 Å². The number of anilines is 1. The van der Waals surface area contributed by atoms with Crippen LogP contribution in [0.3, 0.4) is 0 Å². The smallest absolute Gasteiger partial charge is 0.296 e. The van der Waals surface area contributed by atoms with Gasteiger partial charge < -0.3 is 10.5 Å². The van der Waals surface area contributed by atoms with E-state index < -0.39 is 23.6 Å². The molecule has 0 bridgehead atoms. The van der Waals surface area contributed by atoms with Crippen LogP contribution in [0.1, 0.15) is 0 Å². The molecule has 0 spiro atoms. The second-order valence-electron chi connectivity index (χ2n) is 2.80. The molecule has 88 valence electrons. The molecule has 0 atom stereocenters. The van der Waals surface area contributed by atoms with Gasteiger partial charge in [0.05, 0.1) is 15.5 Å².